The zero-order valence-corrected chi connectivity index (χ0v) is 9.69. The second kappa shape index (κ2) is 3.10. The molecule has 0 aliphatic heterocycles. The van der Waals surface area contributed by atoms with Gasteiger partial charge in [0.25, 0.3) is 0 Å². The predicted octanol–water partition coefficient (Wildman–Crippen LogP) is 3.08. The van der Waals surface area contributed by atoms with Crippen molar-refractivity contribution in [2.75, 3.05) is 5.73 Å². The third kappa shape index (κ3) is 1.11. The van der Waals surface area contributed by atoms with Gasteiger partial charge in [0.05, 0.1) is 5.56 Å². The van der Waals surface area contributed by atoms with Gasteiger partial charge in [0.1, 0.15) is 11.1 Å². The Balaban J connectivity index is 2.34. The minimum absolute atomic E-state index is 0.652. The van der Waals surface area contributed by atoms with Gasteiger partial charge >= 0.3 is 0 Å². The Morgan fingerprint density at radius 1 is 1.44 bits per heavy atom. The molecule has 3 heteroatoms. The summed E-state index contributed by atoms with van der Waals surface area (Å²) < 4.78 is 0. The van der Waals surface area contributed by atoms with E-state index in [4.69, 9.17) is 11.0 Å². The number of benzene rings is 1. The van der Waals surface area contributed by atoms with Gasteiger partial charge in [-0.25, -0.2) is 0 Å². The molecule has 1 aliphatic rings. The molecule has 16 heavy (non-hydrogen) atoms. The zero-order valence-electron chi connectivity index (χ0n) is 8.87. The molecule has 0 fully saturated rings. The van der Waals surface area contributed by atoms with Crippen LogP contribution in [0.15, 0.2) is 18.2 Å². The Labute approximate surface area is 98.0 Å². The van der Waals surface area contributed by atoms with Gasteiger partial charge < -0.3 is 5.73 Å². The Morgan fingerprint density at radius 2 is 2.25 bits per heavy atom. The highest BCUT2D eigenvalue weighted by molar-refractivity contribution is 7.16. The van der Waals surface area contributed by atoms with Crippen LogP contribution in [0.1, 0.15) is 21.6 Å². The minimum Gasteiger partial charge on any atom is -0.389 e. The standard InChI is InChI=1S/C13H10N2S/c1-7-2-3-8-5-11-12(9(8)4-7)10(6-14)13(15)16-11/h2-4H,5,15H2,1H3. The van der Waals surface area contributed by atoms with Crippen LogP contribution in [0.5, 0.6) is 0 Å². The minimum atomic E-state index is 0.652. The van der Waals surface area contributed by atoms with Crippen LogP contribution < -0.4 is 5.73 Å². The summed E-state index contributed by atoms with van der Waals surface area (Å²) in [5, 5.41) is 9.80. The lowest BCUT2D eigenvalue weighted by Gasteiger charge is -2.02. The van der Waals surface area contributed by atoms with Crippen molar-refractivity contribution < 1.29 is 0 Å². The molecular formula is C13H10N2S. The number of nitrogens with two attached hydrogens (primary N) is 1. The largest absolute Gasteiger partial charge is 0.389 e. The molecule has 1 heterocycles. The fourth-order valence-corrected chi connectivity index (χ4v) is 3.32. The van der Waals surface area contributed by atoms with E-state index >= 15 is 0 Å². The highest BCUT2D eigenvalue weighted by atomic mass is 32.1. The summed E-state index contributed by atoms with van der Waals surface area (Å²) in [4.78, 5) is 1.23. The molecule has 0 radical (unpaired) electrons. The van der Waals surface area contributed by atoms with Crippen LogP contribution in [-0.2, 0) is 6.42 Å². The Bertz CT molecular complexity index is 632. The van der Waals surface area contributed by atoms with Gasteiger partial charge in [0.2, 0.25) is 0 Å². The third-order valence-electron chi connectivity index (χ3n) is 3.01. The van der Waals surface area contributed by atoms with E-state index in [2.05, 4.69) is 31.2 Å². The summed E-state index contributed by atoms with van der Waals surface area (Å²) in [7, 11) is 0. The third-order valence-corrected chi connectivity index (χ3v) is 4.02. The normalized spacial score (nSPS) is 12.0. The van der Waals surface area contributed by atoms with Crippen molar-refractivity contribution in [1.29, 1.82) is 5.26 Å². The monoisotopic (exact) mass is 226 g/mol. The summed E-state index contributed by atoms with van der Waals surface area (Å²) in [5.41, 5.74) is 11.3. The maximum atomic E-state index is 9.14. The van der Waals surface area contributed by atoms with Crippen LogP contribution in [0, 0.1) is 18.3 Å². The summed E-state index contributed by atoms with van der Waals surface area (Å²) in [6.45, 7) is 2.07. The zero-order chi connectivity index (χ0) is 11.3. The quantitative estimate of drug-likeness (QED) is 0.640. The van der Waals surface area contributed by atoms with Crippen molar-refractivity contribution in [2.24, 2.45) is 0 Å². The highest BCUT2D eigenvalue weighted by Gasteiger charge is 2.25. The molecule has 78 valence electrons. The smallest absolute Gasteiger partial charge is 0.105 e. The van der Waals surface area contributed by atoms with Crippen LogP contribution in [0.25, 0.3) is 11.1 Å². The predicted molar refractivity (Wildman–Crippen MR) is 66.4 cm³/mol. The topological polar surface area (TPSA) is 49.8 Å². The number of hydrogen-bond donors (Lipinski definition) is 1. The van der Waals surface area contributed by atoms with Gasteiger partial charge in [-0.2, -0.15) is 5.26 Å². The molecule has 3 rings (SSSR count). The summed E-state index contributed by atoms with van der Waals surface area (Å²) in [5.74, 6) is 0. The number of nitrogen functional groups attached to an aromatic ring is 1. The van der Waals surface area contributed by atoms with Gasteiger partial charge in [-0.1, -0.05) is 23.8 Å². The summed E-state index contributed by atoms with van der Waals surface area (Å²) in [6, 6.07) is 8.63. The highest BCUT2D eigenvalue weighted by Crippen LogP contribution is 2.46. The Morgan fingerprint density at radius 3 is 3.00 bits per heavy atom. The number of thiophene rings is 1. The average Bonchev–Trinajstić information content (AvgIpc) is 2.73. The van der Waals surface area contributed by atoms with E-state index < -0.39 is 0 Å². The number of hydrogen-bond acceptors (Lipinski definition) is 3. The van der Waals surface area contributed by atoms with E-state index in [0.29, 0.717) is 10.6 Å². The first-order valence-corrected chi connectivity index (χ1v) is 5.93. The van der Waals surface area contributed by atoms with E-state index in [1.807, 2.05) is 0 Å². The SMILES string of the molecule is Cc1ccc2c(c1)-c1c(sc(N)c1C#N)C2. The number of nitrogens with zero attached hydrogens (tertiary/aromatic N) is 1. The van der Waals surface area contributed by atoms with Gasteiger partial charge in [0.15, 0.2) is 0 Å². The number of nitriles is 1. The van der Waals surface area contributed by atoms with Crippen molar-refractivity contribution >= 4 is 16.3 Å². The lowest BCUT2D eigenvalue weighted by atomic mass is 10.0. The molecule has 1 aliphatic carbocycles. The molecule has 0 unspecified atom stereocenters. The lowest BCUT2D eigenvalue weighted by Crippen LogP contribution is -1.87. The van der Waals surface area contributed by atoms with Crippen LogP contribution in [0.2, 0.25) is 0 Å². The first-order valence-electron chi connectivity index (χ1n) is 5.12. The average molecular weight is 226 g/mol. The van der Waals surface area contributed by atoms with Gasteiger partial charge in [-0.3, -0.25) is 0 Å². The molecule has 2 N–H and O–H groups in total. The molecule has 0 atom stereocenters. The maximum Gasteiger partial charge on any atom is 0.105 e. The summed E-state index contributed by atoms with van der Waals surface area (Å²) in [6.07, 6.45) is 0.918. The van der Waals surface area contributed by atoms with Crippen molar-refractivity contribution in [1.82, 2.24) is 0 Å². The van der Waals surface area contributed by atoms with E-state index in [-0.39, 0.29) is 0 Å². The van der Waals surface area contributed by atoms with Crippen molar-refractivity contribution in [3.63, 3.8) is 0 Å². The van der Waals surface area contributed by atoms with Crippen molar-refractivity contribution in [2.45, 2.75) is 13.3 Å². The number of aryl methyl sites for hydroxylation is 1. The summed E-state index contributed by atoms with van der Waals surface area (Å²) >= 11 is 1.55. The van der Waals surface area contributed by atoms with Crippen LogP contribution >= 0.6 is 11.3 Å². The van der Waals surface area contributed by atoms with Crippen LogP contribution in [0.3, 0.4) is 0 Å². The second-order valence-electron chi connectivity index (χ2n) is 4.09. The van der Waals surface area contributed by atoms with Crippen molar-refractivity contribution in [3.05, 3.63) is 39.8 Å². The van der Waals surface area contributed by atoms with Crippen LogP contribution in [-0.4, -0.2) is 0 Å². The van der Waals surface area contributed by atoms with E-state index in [1.54, 1.807) is 11.3 Å². The number of fused-ring (bicyclic) bond motifs is 3. The first kappa shape index (κ1) is 9.44. The fourth-order valence-electron chi connectivity index (χ4n) is 2.27. The van der Waals surface area contributed by atoms with E-state index in [1.165, 1.54) is 21.6 Å². The van der Waals surface area contributed by atoms with Gasteiger partial charge in [-0.15, -0.1) is 11.3 Å². The van der Waals surface area contributed by atoms with E-state index in [9.17, 15) is 0 Å². The Kier molecular flexibility index (Phi) is 1.83. The molecular weight excluding hydrogens is 216 g/mol. The number of rotatable bonds is 0. The molecule has 0 bridgehead atoms. The molecule has 0 spiro atoms. The van der Waals surface area contributed by atoms with Gasteiger partial charge in [-0.05, 0) is 18.1 Å². The van der Waals surface area contributed by atoms with Gasteiger partial charge in [0, 0.05) is 16.9 Å². The second-order valence-corrected chi connectivity index (χ2v) is 5.23. The molecule has 1 aromatic carbocycles. The first-order chi connectivity index (χ1) is 7.70. The maximum absolute atomic E-state index is 9.14. The number of anilines is 1. The Hall–Kier alpha value is -1.79. The van der Waals surface area contributed by atoms with E-state index in [0.717, 1.165) is 12.0 Å². The lowest BCUT2D eigenvalue weighted by molar-refractivity contribution is 1.30. The molecule has 0 amide bonds. The van der Waals surface area contributed by atoms with Crippen LogP contribution in [0.4, 0.5) is 5.00 Å². The van der Waals surface area contributed by atoms with Crippen molar-refractivity contribution in [3.8, 4) is 17.2 Å². The molecule has 0 saturated carbocycles. The molecule has 0 saturated heterocycles. The molecule has 2 nitrogen and oxygen atoms in total. The molecule has 1 aromatic heterocycles. The molecule has 2 aromatic rings. The fraction of sp³-hybridized carbons (Fsp3) is 0.154.